The van der Waals surface area contributed by atoms with Crippen molar-refractivity contribution in [1.29, 1.82) is 0 Å². The third-order valence-corrected chi connectivity index (χ3v) is 5.48. The van der Waals surface area contributed by atoms with E-state index in [1.807, 2.05) is 6.07 Å². The third-order valence-electron chi connectivity index (χ3n) is 5.48. The van der Waals surface area contributed by atoms with Crippen LogP contribution in [0.25, 0.3) is 0 Å². The summed E-state index contributed by atoms with van der Waals surface area (Å²) >= 11 is 0. The quantitative estimate of drug-likeness (QED) is 0.867. The van der Waals surface area contributed by atoms with Crippen molar-refractivity contribution in [3.63, 3.8) is 0 Å². The second-order valence-corrected chi connectivity index (χ2v) is 7.12. The van der Waals surface area contributed by atoms with E-state index >= 15 is 0 Å². The Hall–Kier alpha value is -1.50. The summed E-state index contributed by atoms with van der Waals surface area (Å²) in [7, 11) is 0. The van der Waals surface area contributed by atoms with Crippen LogP contribution in [0.3, 0.4) is 0 Å². The Morgan fingerprint density at radius 1 is 1.32 bits per heavy atom. The van der Waals surface area contributed by atoms with Crippen LogP contribution in [-0.2, 0) is 16.1 Å². The lowest BCUT2D eigenvalue weighted by Crippen LogP contribution is -2.55. The minimum Gasteiger partial charge on any atom is -0.381 e. The minimum atomic E-state index is -0.230. The first-order valence-electron chi connectivity index (χ1n) is 9.14. The monoisotopic (exact) mass is 349 g/mol. The average molecular weight is 349 g/mol. The molecule has 1 aromatic rings. The van der Waals surface area contributed by atoms with E-state index < -0.39 is 0 Å². The van der Waals surface area contributed by atoms with Gasteiger partial charge in [0.1, 0.15) is 5.82 Å². The molecule has 2 aliphatic heterocycles. The average Bonchev–Trinajstić information content (AvgIpc) is 2.79. The maximum absolute atomic E-state index is 13.6. The molecular weight excluding hydrogens is 321 g/mol. The molecule has 0 radical (unpaired) electrons. The molecule has 0 atom stereocenters. The standard InChI is InChI=1S/C19H28FN3O2/c1-15-2-3-16(12-17(15)20)13-22-18(24)14-23-9-8-21-7-4-19(23)5-10-25-11-6-19/h2-3,12,21H,4-11,13-14H2,1H3,(H,22,24). The number of amides is 1. The van der Waals surface area contributed by atoms with Crippen LogP contribution < -0.4 is 10.6 Å². The zero-order valence-corrected chi connectivity index (χ0v) is 14.9. The van der Waals surface area contributed by atoms with E-state index in [9.17, 15) is 9.18 Å². The van der Waals surface area contributed by atoms with Crippen molar-refractivity contribution >= 4 is 5.91 Å². The van der Waals surface area contributed by atoms with Crippen molar-refractivity contribution in [2.75, 3.05) is 39.4 Å². The van der Waals surface area contributed by atoms with Gasteiger partial charge in [0.2, 0.25) is 5.91 Å². The predicted octanol–water partition coefficient (Wildman–Crippen LogP) is 1.59. The van der Waals surface area contributed by atoms with E-state index in [4.69, 9.17) is 4.74 Å². The van der Waals surface area contributed by atoms with Crippen molar-refractivity contribution in [3.8, 4) is 0 Å². The van der Waals surface area contributed by atoms with Gasteiger partial charge in [0, 0.05) is 38.4 Å². The molecule has 2 heterocycles. The van der Waals surface area contributed by atoms with E-state index in [-0.39, 0.29) is 17.3 Å². The maximum atomic E-state index is 13.6. The Balaban J connectivity index is 1.58. The number of halogens is 1. The lowest BCUT2D eigenvalue weighted by Gasteiger charge is -2.45. The number of ether oxygens (including phenoxy) is 1. The second kappa shape index (κ2) is 8.25. The van der Waals surface area contributed by atoms with Crippen LogP contribution >= 0.6 is 0 Å². The highest BCUT2D eigenvalue weighted by Gasteiger charge is 2.39. The van der Waals surface area contributed by atoms with Crippen molar-refractivity contribution in [3.05, 3.63) is 35.1 Å². The smallest absolute Gasteiger partial charge is 0.234 e. The van der Waals surface area contributed by atoms with E-state index in [2.05, 4.69) is 15.5 Å². The van der Waals surface area contributed by atoms with Gasteiger partial charge in [0.15, 0.2) is 0 Å². The molecule has 0 bridgehead atoms. The molecule has 3 rings (SSSR count). The summed E-state index contributed by atoms with van der Waals surface area (Å²) in [6, 6.07) is 5.09. The Labute approximate surface area is 148 Å². The van der Waals surface area contributed by atoms with Gasteiger partial charge >= 0.3 is 0 Å². The molecule has 0 aliphatic carbocycles. The largest absolute Gasteiger partial charge is 0.381 e. The molecule has 1 aromatic carbocycles. The highest BCUT2D eigenvalue weighted by atomic mass is 19.1. The molecule has 25 heavy (non-hydrogen) atoms. The summed E-state index contributed by atoms with van der Waals surface area (Å²) in [6.07, 6.45) is 3.00. The fourth-order valence-electron chi connectivity index (χ4n) is 3.80. The van der Waals surface area contributed by atoms with Gasteiger partial charge in [0.05, 0.1) is 6.54 Å². The number of hydrogen-bond acceptors (Lipinski definition) is 4. The minimum absolute atomic E-state index is 0.00579. The van der Waals surface area contributed by atoms with Gasteiger partial charge in [-0.25, -0.2) is 4.39 Å². The van der Waals surface area contributed by atoms with Crippen molar-refractivity contribution in [2.45, 2.75) is 38.3 Å². The van der Waals surface area contributed by atoms with Crippen LogP contribution in [0.2, 0.25) is 0 Å². The molecule has 6 heteroatoms. The molecule has 1 spiro atoms. The molecule has 138 valence electrons. The Bertz CT molecular complexity index is 602. The summed E-state index contributed by atoms with van der Waals surface area (Å²) < 4.78 is 19.2. The number of carbonyl (C=O) groups excluding carboxylic acids is 1. The number of nitrogens with zero attached hydrogens (tertiary/aromatic N) is 1. The number of rotatable bonds is 4. The SMILES string of the molecule is Cc1ccc(CNC(=O)CN2CCNCCC23CCOCC3)cc1F. The number of benzene rings is 1. The summed E-state index contributed by atoms with van der Waals surface area (Å²) in [4.78, 5) is 14.8. The second-order valence-electron chi connectivity index (χ2n) is 7.12. The number of hydrogen-bond donors (Lipinski definition) is 2. The van der Waals surface area contributed by atoms with E-state index in [1.54, 1.807) is 13.0 Å². The van der Waals surface area contributed by atoms with Gasteiger partial charge in [-0.05, 0) is 49.9 Å². The fourth-order valence-corrected chi connectivity index (χ4v) is 3.80. The first-order valence-corrected chi connectivity index (χ1v) is 9.14. The molecular formula is C19H28FN3O2. The van der Waals surface area contributed by atoms with Gasteiger partial charge in [-0.1, -0.05) is 12.1 Å². The van der Waals surface area contributed by atoms with Crippen molar-refractivity contribution < 1.29 is 13.9 Å². The highest BCUT2D eigenvalue weighted by molar-refractivity contribution is 5.78. The number of nitrogens with one attached hydrogen (secondary N) is 2. The summed E-state index contributed by atoms with van der Waals surface area (Å²) in [5.74, 6) is -0.236. The lowest BCUT2D eigenvalue weighted by molar-refractivity contribution is -0.125. The van der Waals surface area contributed by atoms with E-state index in [0.717, 1.165) is 57.7 Å². The molecule has 1 amide bonds. The van der Waals surface area contributed by atoms with Gasteiger partial charge < -0.3 is 15.4 Å². The predicted molar refractivity (Wildman–Crippen MR) is 94.8 cm³/mol. The molecule has 0 unspecified atom stereocenters. The van der Waals surface area contributed by atoms with Crippen molar-refractivity contribution in [2.24, 2.45) is 0 Å². The Morgan fingerprint density at radius 3 is 2.88 bits per heavy atom. The summed E-state index contributed by atoms with van der Waals surface area (Å²) in [6.45, 7) is 6.76. The third kappa shape index (κ3) is 4.57. The molecule has 2 aliphatic rings. The Kier molecular flexibility index (Phi) is 6.04. The molecule has 2 saturated heterocycles. The van der Waals surface area contributed by atoms with Crippen LogP contribution in [0.15, 0.2) is 18.2 Å². The molecule has 0 aromatic heterocycles. The zero-order chi connectivity index (χ0) is 17.7. The van der Waals surface area contributed by atoms with Crippen molar-refractivity contribution in [1.82, 2.24) is 15.5 Å². The van der Waals surface area contributed by atoms with Crippen LogP contribution in [0, 0.1) is 12.7 Å². The highest BCUT2D eigenvalue weighted by Crippen LogP contribution is 2.31. The van der Waals surface area contributed by atoms with Crippen LogP contribution in [0.5, 0.6) is 0 Å². The van der Waals surface area contributed by atoms with Gasteiger partial charge in [0.25, 0.3) is 0 Å². The number of aryl methyl sites for hydroxylation is 1. The van der Waals surface area contributed by atoms with Crippen LogP contribution in [-0.4, -0.2) is 55.7 Å². The van der Waals surface area contributed by atoms with E-state index in [1.165, 1.54) is 6.07 Å². The zero-order valence-electron chi connectivity index (χ0n) is 14.9. The summed E-state index contributed by atoms with van der Waals surface area (Å²) in [5, 5.41) is 6.37. The van der Waals surface area contributed by atoms with Gasteiger partial charge in [-0.3, -0.25) is 9.69 Å². The molecule has 0 saturated carbocycles. The topological polar surface area (TPSA) is 53.6 Å². The Morgan fingerprint density at radius 2 is 2.12 bits per heavy atom. The maximum Gasteiger partial charge on any atom is 0.234 e. The van der Waals surface area contributed by atoms with Crippen LogP contribution in [0.4, 0.5) is 4.39 Å². The first-order chi connectivity index (χ1) is 12.1. The molecule has 2 fully saturated rings. The molecule has 5 nitrogen and oxygen atoms in total. The van der Waals surface area contributed by atoms with E-state index in [0.29, 0.717) is 18.7 Å². The van der Waals surface area contributed by atoms with Crippen LogP contribution in [0.1, 0.15) is 30.4 Å². The van der Waals surface area contributed by atoms with Gasteiger partial charge in [-0.15, -0.1) is 0 Å². The fraction of sp³-hybridized carbons (Fsp3) is 0.632. The number of carbonyl (C=O) groups is 1. The first kappa shape index (κ1) is 18.3. The van der Waals surface area contributed by atoms with Gasteiger partial charge in [-0.2, -0.15) is 0 Å². The normalized spacial score (nSPS) is 21.0. The lowest BCUT2D eigenvalue weighted by atomic mass is 9.85. The summed E-state index contributed by atoms with van der Waals surface area (Å²) in [5.41, 5.74) is 1.47. The molecule has 2 N–H and O–H groups in total.